The molecule has 0 aliphatic rings. The van der Waals surface area contributed by atoms with Crippen molar-refractivity contribution in [3.63, 3.8) is 0 Å². The highest BCUT2D eigenvalue weighted by molar-refractivity contribution is 5.75. The molecule has 160 valence electrons. The largest absolute Gasteiger partial charge is 0.493 e. The van der Waals surface area contributed by atoms with E-state index in [2.05, 4.69) is 54.8 Å². The van der Waals surface area contributed by atoms with Crippen LogP contribution < -0.4 is 9.47 Å². The summed E-state index contributed by atoms with van der Waals surface area (Å²) in [6, 6.07) is 26.5. The zero-order valence-electron chi connectivity index (χ0n) is 18.3. The molecule has 4 heteroatoms. The van der Waals surface area contributed by atoms with Gasteiger partial charge in [0.05, 0.1) is 17.6 Å². The van der Waals surface area contributed by atoms with E-state index in [0.717, 1.165) is 47.7 Å². The second-order valence-corrected chi connectivity index (χ2v) is 8.02. The first-order valence-corrected chi connectivity index (χ1v) is 11.1. The maximum absolute atomic E-state index is 6.09. The van der Waals surface area contributed by atoms with Gasteiger partial charge >= 0.3 is 0 Å². The standard InChI is InChI=1S/C27H30N2O2/c1-21(2)23-14-6-9-17-26(23)30-19-11-10-18-29-25-16-8-7-15-24(25)28-27(29)20-31-22-12-4-3-5-13-22/h3-9,12-17,21H,10-11,18-20H2,1-2H3. The molecule has 0 amide bonds. The fourth-order valence-corrected chi connectivity index (χ4v) is 3.79. The molecule has 4 rings (SSSR count). The summed E-state index contributed by atoms with van der Waals surface area (Å²) in [4.78, 5) is 4.81. The molecule has 3 aromatic carbocycles. The monoisotopic (exact) mass is 414 g/mol. The summed E-state index contributed by atoms with van der Waals surface area (Å²) in [6.45, 7) is 6.46. The van der Waals surface area contributed by atoms with Gasteiger partial charge in [-0.25, -0.2) is 4.98 Å². The van der Waals surface area contributed by atoms with Crippen molar-refractivity contribution >= 4 is 11.0 Å². The maximum atomic E-state index is 6.09. The molecule has 0 aliphatic carbocycles. The number of imidazole rings is 1. The molecule has 0 radical (unpaired) electrons. The predicted octanol–water partition coefficient (Wildman–Crippen LogP) is 6.60. The molecule has 4 aromatic rings. The number of hydrogen-bond acceptors (Lipinski definition) is 3. The zero-order valence-corrected chi connectivity index (χ0v) is 18.3. The van der Waals surface area contributed by atoms with Crippen molar-refractivity contribution in [3.8, 4) is 11.5 Å². The first-order chi connectivity index (χ1) is 15.2. The Morgan fingerprint density at radius 3 is 2.39 bits per heavy atom. The molecule has 0 atom stereocenters. The quantitative estimate of drug-likeness (QED) is 0.274. The summed E-state index contributed by atoms with van der Waals surface area (Å²) in [5.74, 6) is 3.28. The van der Waals surface area contributed by atoms with Gasteiger partial charge in [-0.05, 0) is 54.7 Å². The Hall–Kier alpha value is -3.27. The Bertz CT molecular complexity index is 1100. The highest BCUT2D eigenvalue weighted by Gasteiger charge is 2.11. The van der Waals surface area contributed by atoms with Crippen molar-refractivity contribution in [1.82, 2.24) is 9.55 Å². The number of aryl methyl sites for hydroxylation is 1. The number of rotatable bonds is 10. The second kappa shape index (κ2) is 10.2. The van der Waals surface area contributed by atoms with Crippen molar-refractivity contribution in [1.29, 1.82) is 0 Å². The summed E-state index contributed by atoms with van der Waals surface area (Å²) >= 11 is 0. The van der Waals surface area contributed by atoms with Crippen LogP contribution >= 0.6 is 0 Å². The lowest BCUT2D eigenvalue weighted by molar-refractivity contribution is 0.284. The lowest BCUT2D eigenvalue weighted by Gasteiger charge is -2.14. The third-order valence-electron chi connectivity index (χ3n) is 5.42. The van der Waals surface area contributed by atoms with Crippen LogP contribution in [0.25, 0.3) is 11.0 Å². The summed E-state index contributed by atoms with van der Waals surface area (Å²) in [5, 5.41) is 0. The van der Waals surface area contributed by atoms with Crippen LogP contribution in [0.15, 0.2) is 78.9 Å². The fraction of sp³-hybridized carbons (Fsp3) is 0.296. The maximum Gasteiger partial charge on any atom is 0.147 e. The van der Waals surface area contributed by atoms with Gasteiger partial charge in [0, 0.05) is 6.54 Å². The van der Waals surface area contributed by atoms with Gasteiger partial charge in [-0.3, -0.25) is 0 Å². The minimum absolute atomic E-state index is 0.455. The number of hydrogen-bond donors (Lipinski definition) is 0. The van der Waals surface area contributed by atoms with E-state index >= 15 is 0 Å². The van der Waals surface area contributed by atoms with Crippen molar-refractivity contribution < 1.29 is 9.47 Å². The van der Waals surface area contributed by atoms with Gasteiger partial charge in [0.2, 0.25) is 0 Å². The Labute approximate surface area is 184 Å². The molecule has 0 saturated heterocycles. The minimum Gasteiger partial charge on any atom is -0.493 e. The van der Waals surface area contributed by atoms with Crippen molar-refractivity contribution in [2.75, 3.05) is 6.61 Å². The summed E-state index contributed by atoms with van der Waals surface area (Å²) in [7, 11) is 0. The summed E-state index contributed by atoms with van der Waals surface area (Å²) < 4.78 is 14.3. The minimum atomic E-state index is 0.455. The van der Waals surface area contributed by atoms with Gasteiger partial charge in [-0.15, -0.1) is 0 Å². The lowest BCUT2D eigenvalue weighted by atomic mass is 10.0. The van der Waals surface area contributed by atoms with Crippen LogP contribution in [0.2, 0.25) is 0 Å². The number of unbranched alkanes of at least 4 members (excludes halogenated alkanes) is 1. The average Bonchev–Trinajstić information content (AvgIpc) is 3.16. The second-order valence-electron chi connectivity index (χ2n) is 8.02. The van der Waals surface area contributed by atoms with E-state index in [-0.39, 0.29) is 0 Å². The average molecular weight is 415 g/mol. The number of benzene rings is 3. The SMILES string of the molecule is CC(C)c1ccccc1OCCCCn1c(COc2ccccc2)nc2ccccc21. The summed E-state index contributed by atoms with van der Waals surface area (Å²) in [6.07, 6.45) is 2.00. The van der Waals surface area contributed by atoms with Gasteiger partial charge in [0.15, 0.2) is 0 Å². The fourth-order valence-electron chi connectivity index (χ4n) is 3.79. The number of para-hydroxylation sites is 4. The molecule has 0 spiro atoms. The van der Waals surface area contributed by atoms with E-state index in [4.69, 9.17) is 14.5 Å². The van der Waals surface area contributed by atoms with Gasteiger partial charge in [0.1, 0.15) is 23.9 Å². The molecule has 0 aliphatic heterocycles. The van der Waals surface area contributed by atoms with E-state index in [1.807, 2.05) is 42.5 Å². The van der Waals surface area contributed by atoms with Crippen LogP contribution in [0.3, 0.4) is 0 Å². The molecule has 31 heavy (non-hydrogen) atoms. The number of aromatic nitrogens is 2. The predicted molar refractivity (Wildman–Crippen MR) is 126 cm³/mol. The molecular formula is C27H30N2O2. The highest BCUT2D eigenvalue weighted by atomic mass is 16.5. The van der Waals surface area contributed by atoms with Crippen LogP contribution in [-0.4, -0.2) is 16.2 Å². The number of ether oxygens (including phenoxy) is 2. The van der Waals surface area contributed by atoms with Crippen LogP contribution in [0.4, 0.5) is 0 Å². The zero-order chi connectivity index (χ0) is 21.5. The molecule has 0 bridgehead atoms. The van der Waals surface area contributed by atoms with E-state index in [1.165, 1.54) is 5.56 Å². The van der Waals surface area contributed by atoms with Gasteiger partial charge in [-0.2, -0.15) is 0 Å². The van der Waals surface area contributed by atoms with E-state index in [9.17, 15) is 0 Å². The molecule has 1 heterocycles. The molecule has 1 aromatic heterocycles. The first-order valence-electron chi connectivity index (χ1n) is 11.1. The van der Waals surface area contributed by atoms with Crippen LogP contribution in [0.1, 0.15) is 44.0 Å². The van der Waals surface area contributed by atoms with E-state index in [1.54, 1.807) is 0 Å². The van der Waals surface area contributed by atoms with Crippen molar-refractivity contribution in [2.45, 2.75) is 45.8 Å². The van der Waals surface area contributed by atoms with Crippen molar-refractivity contribution in [2.24, 2.45) is 0 Å². The molecule has 4 nitrogen and oxygen atoms in total. The van der Waals surface area contributed by atoms with E-state index < -0.39 is 0 Å². The summed E-state index contributed by atoms with van der Waals surface area (Å²) in [5.41, 5.74) is 3.43. The smallest absolute Gasteiger partial charge is 0.147 e. The van der Waals surface area contributed by atoms with Gasteiger partial charge in [-0.1, -0.05) is 62.4 Å². The topological polar surface area (TPSA) is 36.3 Å². The Balaban J connectivity index is 1.37. The lowest BCUT2D eigenvalue weighted by Crippen LogP contribution is -2.09. The molecule has 0 fully saturated rings. The molecule has 0 saturated carbocycles. The van der Waals surface area contributed by atoms with E-state index in [0.29, 0.717) is 19.1 Å². The third-order valence-corrected chi connectivity index (χ3v) is 5.42. The van der Waals surface area contributed by atoms with Gasteiger partial charge < -0.3 is 14.0 Å². The van der Waals surface area contributed by atoms with Crippen molar-refractivity contribution in [3.05, 3.63) is 90.3 Å². The number of nitrogens with zero attached hydrogens (tertiary/aromatic N) is 2. The third kappa shape index (κ3) is 5.26. The van der Waals surface area contributed by atoms with Crippen LogP contribution in [0.5, 0.6) is 11.5 Å². The van der Waals surface area contributed by atoms with Gasteiger partial charge in [0.25, 0.3) is 0 Å². The molecular weight excluding hydrogens is 384 g/mol. The Morgan fingerprint density at radius 1 is 0.806 bits per heavy atom. The normalized spacial score (nSPS) is 11.2. The van der Waals surface area contributed by atoms with Crippen LogP contribution in [0, 0.1) is 0 Å². The van der Waals surface area contributed by atoms with Crippen LogP contribution in [-0.2, 0) is 13.2 Å². The Morgan fingerprint density at radius 2 is 1.55 bits per heavy atom. The molecule has 0 unspecified atom stereocenters. The number of fused-ring (bicyclic) bond motifs is 1. The molecule has 0 N–H and O–H groups in total. The first kappa shape index (κ1) is 21.0. The Kier molecular flexibility index (Phi) is 6.88. The highest BCUT2D eigenvalue weighted by Crippen LogP contribution is 2.26.